The van der Waals surface area contributed by atoms with Gasteiger partial charge in [0.1, 0.15) is 18.5 Å². The molecule has 2 saturated carbocycles. The Hall–Kier alpha value is -3.87. The lowest BCUT2D eigenvalue weighted by Crippen LogP contribution is -2.56. The third-order valence-electron chi connectivity index (χ3n) is 11.3. The molecule has 4 aliphatic rings. The molecule has 0 radical (unpaired) electrons. The van der Waals surface area contributed by atoms with Gasteiger partial charge in [-0.15, -0.1) is 0 Å². The minimum atomic E-state index is -0.242. The molecule has 0 bridgehead atoms. The summed E-state index contributed by atoms with van der Waals surface area (Å²) in [7, 11) is 2.20. The Bertz CT molecular complexity index is 1720. The van der Waals surface area contributed by atoms with Gasteiger partial charge in [-0.05, 0) is 81.0 Å². The van der Waals surface area contributed by atoms with E-state index < -0.39 is 0 Å². The third kappa shape index (κ3) is 6.33. The van der Waals surface area contributed by atoms with Crippen LogP contribution in [-0.2, 0) is 17.8 Å². The number of hydrogen-bond acceptors (Lipinski definition) is 7. The number of piperazine rings is 1. The fourth-order valence-corrected chi connectivity index (χ4v) is 8.74. The van der Waals surface area contributed by atoms with E-state index in [0.29, 0.717) is 44.2 Å². The number of hydrogen-bond donors (Lipinski definition) is 0. The molecule has 3 fully saturated rings. The Morgan fingerprint density at radius 3 is 2.71 bits per heavy atom. The zero-order valence-corrected chi connectivity index (χ0v) is 29.0. The van der Waals surface area contributed by atoms with Crippen LogP contribution in [0.5, 0.6) is 6.01 Å². The Morgan fingerprint density at radius 1 is 1.19 bits per heavy atom. The van der Waals surface area contributed by atoms with Crippen LogP contribution in [0.3, 0.4) is 0 Å². The van der Waals surface area contributed by atoms with Gasteiger partial charge in [0.05, 0.1) is 17.3 Å². The highest BCUT2D eigenvalue weighted by Gasteiger charge is 2.48. The molecule has 3 heterocycles. The number of carbonyl (C=O) groups is 1. The number of carbonyl (C=O) groups excluding carboxylic acids is 1. The highest BCUT2D eigenvalue weighted by Crippen LogP contribution is 2.58. The molecule has 2 aliphatic carbocycles. The first-order valence-electron chi connectivity index (χ1n) is 17.4. The van der Waals surface area contributed by atoms with Crippen LogP contribution in [0.25, 0.3) is 15.6 Å². The fourth-order valence-electron chi connectivity index (χ4n) is 8.47. The van der Waals surface area contributed by atoms with E-state index >= 15 is 0 Å². The van der Waals surface area contributed by atoms with Crippen molar-refractivity contribution < 1.29 is 9.53 Å². The lowest BCUT2D eigenvalue weighted by molar-refractivity contribution is -0.128. The van der Waals surface area contributed by atoms with Crippen LogP contribution in [-0.4, -0.2) is 90.7 Å². The van der Waals surface area contributed by atoms with Gasteiger partial charge in [0.15, 0.2) is 0 Å². The normalized spacial score (nSPS) is 21.0. The van der Waals surface area contributed by atoms with Gasteiger partial charge in [-0.2, -0.15) is 9.97 Å². The number of fused-ring (bicyclic) bond motifs is 2. The van der Waals surface area contributed by atoms with Crippen molar-refractivity contribution >= 4 is 39.8 Å². The first kappa shape index (κ1) is 32.7. The third-order valence-corrected chi connectivity index (χ3v) is 11.7. The Morgan fingerprint density at radius 2 is 1.98 bits per heavy atom. The van der Waals surface area contributed by atoms with Crippen LogP contribution in [0.2, 0.25) is 5.02 Å². The van der Waals surface area contributed by atoms with Gasteiger partial charge in [-0.3, -0.25) is 4.79 Å². The number of benzene rings is 2. The highest BCUT2D eigenvalue weighted by atomic mass is 35.5. The molecule has 1 amide bonds. The zero-order valence-electron chi connectivity index (χ0n) is 28.2. The van der Waals surface area contributed by atoms with Crippen molar-refractivity contribution in [2.75, 3.05) is 62.7 Å². The molecule has 2 atom stereocenters. The van der Waals surface area contributed by atoms with E-state index in [-0.39, 0.29) is 24.5 Å². The molecule has 7 rings (SSSR count). The van der Waals surface area contributed by atoms with Gasteiger partial charge in [0.2, 0.25) is 12.5 Å². The maximum absolute atomic E-state index is 12.6. The number of halogens is 1. The molecule has 3 aromatic rings. The van der Waals surface area contributed by atoms with E-state index in [1.807, 2.05) is 12.1 Å². The van der Waals surface area contributed by atoms with E-state index in [4.69, 9.17) is 32.9 Å². The maximum atomic E-state index is 12.6. The molecular formula is C38H46ClN7O2. The average Bonchev–Trinajstić information content (AvgIpc) is 3.06. The van der Waals surface area contributed by atoms with Crippen LogP contribution in [0.15, 0.2) is 49.1 Å². The minimum Gasteiger partial charge on any atom is -0.462 e. The molecule has 2 aliphatic heterocycles. The summed E-state index contributed by atoms with van der Waals surface area (Å²) in [6.07, 6.45) is 9.11. The maximum Gasteiger partial charge on any atom is 0.318 e. The molecule has 48 heavy (non-hydrogen) atoms. The smallest absolute Gasteiger partial charge is 0.318 e. The van der Waals surface area contributed by atoms with Gasteiger partial charge in [-0.1, -0.05) is 48.9 Å². The summed E-state index contributed by atoms with van der Waals surface area (Å²) in [5.41, 5.74) is 3.82. The van der Waals surface area contributed by atoms with Crippen molar-refractivity contribution in [3.63, 3.8) is 0 Å². The van der Waals surface area contributed by atoms with Gasteiger partial charge in [0.25, 0.3) is 0 Å². The monoisotopic (exact) mass is 667 g/mol. The Kier molecular flexibility index (Phi) is 9.23. The summed E-state index contributed by atoms with van der Waals surface area (Å²) in [5, 5.41) is 2.90. The molecule has 10 heteroatoms. The number of aromatic nitrogens is 2. The van der Waals surface area contributed by atoms with E-state index in [1.165, 1.54) is 38.2 Å². The van der Waals surface area contributed by atoms with Crippen LogP contribution >= 0.6 is 11.6 Å². The second-order valence-corrected chi connectivity index (χ2v) is 14.9. The first-order valence-corrected chi connectivity index (χ1v) is 17.8. The molecule has 1 aromatic heterocycles. The number of anilines is 2. The van der Waals surface area contributed by atoms with Crippen molar-refractivity contribution in [1.82, 2.24) is 19.8 Å². The fraction of sp³-hybridized carbons (Fsp3) is 0.526. The summed E-state index contributed by atoms with van der Waals surface area (Å²) < 4.78 is 6.42. The van der Waals surface area contributed by atoms with Crippen LogP contribution in [0, 0.1) is 17.9 Å². The lowest BCUT2D eigenvalue weighted by Gasteiger charge is -2.55. The van der Waals surface area contributed by atoms with Crippen molar-refractivity contribution in [2.45, 2.75) is 64.1 Å². The predicted octanol–water partition coefficient (Wildman–Crippen LogP) is 6.25. The van der Waals surface area contributed by atoms with Gasteiger partial charge < -0.3 is 29.2 Å². The van der Waals surface area contributed by atoms with E-state index in [1.54, 1.807) is 4.90 Å². The van der Waals surface area contributed by atoms with Crippen LogP contribution in [0.1, 0.15) is 50.3 Å². The Balaban J connectivity index is 1.14. The summed E-state index contributed by atoms with van der Waals surface area (Å²) >= 11 is 6.74. The summed E-state index contributed by atoms with van der Waals surface area (Å²) in [6.45, 7) is 18.3. The number of nitrogens with zero attached hydrogens (tertiary/aromatic N) is 7. The second kappa shape index (κ2) is 13.6. The molecule has 1 saturated heterocycles. The van der Waals surface area contributed by atoms with E-state index in [9.17, 15) is 4.79 Å². The molecule has 0 unspecified atom stereocenters. The van der Waals surface area contributed by atoms with Crippen molar-refractivity contribution in [1.29, 1.82) is 0 Å². The quantitative estimate of drug-likeness (QED) is 0.187. The SMILES string of the molecule is [C-]#[N+]C[C@H]1CN(c2nc(OC[C@H](C)N(C)CC3CC4(CCC4)C3)nc3c2CCN(c2cccc4cccc(Cl)c24)C3)CCN1C(=O)C=C. The number of likely N-dealkylation sites (N-methyl/N-ethyl adjacent to an activating group) is 1. The number of amides is 1. The van der Waals surface area contributed by atoms with Gasteiger partial charge in [0, 0.05) is 55.4 Å². The molecule has 2 aromatic carbocycles. The van der Waals surface area contributed by atoms with E-state index in [0.717, 1.165) is 64.0 Å². The second-order valence-electron chi connectivity index (χ2n) is 14.4. The average molecular weight is 668 g/mol. The summed E-state index contributed by atoms with van der Waals surface area (Å²) in [5.74, 6) is 1.50. The Labute approximate surface area is 289 Å². The molecular weight excluding hydrogens is 622 g/mol. The first-order chi connectivity index (χ1) is 23.3. The molecule has 0 N–H and O–H groups in total. The summed E-state index contributed by atoms with van der Waals surface area (Å²) in [6, 6.07) is 12.7. The van der Waals surface area contributed by atoms with Crippen LogP contribution in [0.4, 0.5) is 11.5 Å². The molecule has 9 nitrogen and oxygen atoms in total. The van der Waals surface area contributed by atoms with Crippen molar-refractivity contribution in [3.05, 3.63) is 76.8 Å². The topological polar surface area (TPSA) is 69.4 Å². The number of ether oxygens (including phenoxy) is 1. The van der Waals surface area contributed by atoms with Crippen molar-refractivity contribution in [2.24, 2.45) is 11.3 Å². The number of rotatable bonds is 10. The standard InChI is InChI=1S/C38H46ClN7O2/c1-5-34(47)46-18-17-45(23-29(46)21-40-3)36-30-13-16-44(33-12-7-10-28-9-6-11-31(39)35(28)33)24-32(30)41-37(42-36)48-25-26(2)43(4)22-27-19-38(20-27)14-8-15-38/h5-7,9-12,26-27,29H,1,8,13-25H2,2,4H3/t26-,29-/m0/s1. The van der Waals surface area contributed by atoms with Crippen molar-refractivity contribution in [3.8, 4) is 6.01 Å². The lowest BCUT2D eigenvalue weighted by atomic mass is 9.52. The zero-order chi connectivity index (χ0) is 33.4. The molecule has 252 valence electrons. The van der Waals surface area contributed by atoms with Gasteiger partial charge in [-0.25, -0.2) is 6.57 Å². The summed E-state index contributed by atoms with van der Waals surface area (Å²) in [4.78, 5) is 35.1. The minimum absolute atomic E-state index is 0.135. The van der Waals surface area contributed by atoms with Crippen LogP contribution < -0.4 is 14.5 Å². The van der Waals surface area contributed by atoms with Gasteiger partial charge >= 0.3 is 6.01 Å². The largest absolute Gasteiger partial charge is 0.462 e. The highest BCUT2D eigenvalue weighted by molar-refractivity contribution is 6.36. The molecule has 1 spiro atoms. The van der Waals surface area contributed by atoms with E-state index in [2.05, 4.69) is 64.4 Å². The predicted molar refractivity (Wildman–Crippen MR) is 192 cm³/mol.